The lowest BCUT2D eigenvalue weighted by Crippen LogP contribution is -2.18. The van der Waals surface area contributed by atoms with Crippen molar-refractivity contribution in [3.05, 3.63) is 52.8 Å². The van der Waals surface area contributed by atoms with Crippen molar-refractivity contribution in [2.24, 2.45) is 0 Å². The number of aromatic nitrogens is 1. The maximum atomic E-state index is 13.0. The topological polar surface area (TPSA) is 59.3 Å². The number of aliphatic hydroxyl groups excluding tert-OH is 1. The lowest BCUT2D eigenvalue weighted by atomic mass is 10.1. The Morgan fingerprint density at radius 1 is 1.08 bits per heavy atom. The molecular weight excluding hydrogens is 338 g/mol. The van der Waals surface area contributed by atoms with E-state index in [9.17, 15) is 13.5 Å². The van der Waals surface area contributed by atoms with Crippen LogP contribution in [0.4, 0.5) is 0 Å². The molecule has 0 spiro atoms. The normalized spacial score (nSPS) is 11.9. The number of aliphatic hydroxyl groups is 1. The van der Waals surface area contributed by atoms with Crippen molar-refractivity contribution >= 4 is 18.1 Å². The minimum absolute atomic E-state index is 0.117. The molecule has 1 heterocycles. The van der Waals surface area contributed by atoms with Crippen molar-refractivity contribution in [3.8, 4) is 11.5 Å². The standard InChI is InChI=1S/C18H23NO3SSi/c1-14-6-7-15(2)19(14)23(21,22)18-9-8-16(12-17(18)13-20)10-11-24(3,4)5/h6-9,12,20H,13H2,1-5H3. The molecule has 0 aliphatic heterocycles. The van der Waals surface area contributed by atoms with Crippen LogP contribution in [0.1, 0.15) is 22.5 Å². The quantitative estimate of drug-likeness (QED) is 0.675. The summed E-state index contributed by atoms with van der Waals surface area (Å²) >= 11 is 0. The maximum Gasteiger partial charge on any atom is 0.268 e. The van der Waals surface area contributed by atoms with Crippen LogP contribution >= 0.6 is 0 Å². The van der Waals surface area contributed by atoms with Gasteiger partial charge in [0.1, 0.15) is 8.07 Å². The fourth-order valence-electron chi connectivity index (χ4n) is 2.42. The first kappa shape index (κ1) is 18.5. The Balaban J connectivity index is 2.57. The van der Waals surface area contributed by atoms with Crippen molar-refractivity contribution in [3.63, 3.8) is 0 Å². The van der Waals surface area contributed by atoms with Gasteiger partial charge in [0.15, 0.2) is 0 Å². The smallest absolute Gasteiger partial charge is 0.268 e. The van der Waals surface area contributed by atoms with Crippen LogP contribution in [0.25, 0.3) is 0 Å². The van der Waals surface area contributed by atoms with Gasteiger partial charge in [0.25, 0.3) is 10.0 Å². The molecule has 0 saturated heterocycles. The van der Waals surface area contributed by atoms with E-state index in [0.717, 1.165) is 5.56 Å². The molecule has 0 aliphatic carbocycles. The number of hydrogen-bond donors (Lipinski definition) is 1. The Kier molecular flexibility index (Phi) is 5.09. The lowest BCUT2D eigenvalue weighted by molar-refractivity contribution is 0.278. The van der Waals surface area contributed by atoms with Crippen molar-refractivity contribution in [2.45, 2.75) is 45.0 Å². The second-order valence-corrected chi connectivity index (χ2v) is 13.4. The largest absolute Gasteiger partial charge is 0.392 e. The zero-order valence-corrected chi connectivity index (χ0v) is 16.5. The molecule has 1 N–H and O–H groups in total. The Morgan fingerprint density at radius 3 is 2.17 bits per heavy atom. The Morgan fingerprint density at radius 2 is 1.67 bits per heavy atom. The molecule has 128 valence electrons. The van der Waals surface area contributed by atoms with Crippen LogP contribution in [0.2, 0.25) is 19.6 Å². The van der Waals surface area contributed by atoms with Crippen LogP contribution in [0.3, 0.4) is 0 Å². The van der Waals surface area contributed by atoms with Crippen LogP contribution in [-0.2, 0) is 16.6 Å². The molecule has 0 bridgehead atoms. The summed E-state index contributed by atoms with van der Waals surface area (Å²) in [7, 11) is -5.26. The number of rotatable bonds is 3. The van der Waals surface area contributed by atoms with E-state index in [2.05, 4.69) is 31.1 Å². The first-order chi connectivity index (χ1) is 11.1. The summed E-state index contributed by atoms with van der Waals surface area (Å²) in [5.41, 5.74) is 5.61. The van der Waals surface area contributed by atoms with Gasteiger partial charge in [-0.25, -0.2) is 12.4 Å². The van der Waals surface area contributed by atoms with Crippen molar-refractivity contribution < 1.29 is 13.5 Å². The molecule has 0 aliphatic rings. The van der Waals surface area contributed by atoms with Crippen LogP contribution in [0, 0.1) is 25.3 Å². The van der Waals surface area contributed by atoms with Gasteiger partial charge in [-0.3, -0.25) is 0 Å². The highest BCUT2D eigenvalue weighted by Crippen LogP contribution is 2.23. The molecule has 0 fully saturated rings. The van der Waals surface area contributed by atoms with Gasteiger partial charge < -0.3 is 5.11 Å². The van der Waals surface area contributed by atoms with Gasteiger partial charge in [-0.2, -0.15) is 0 Å². The van der Waals surface area contributed by atoms with Gasteiger partial charge in [-0.1, -0.05) is 25.6 Å². The molecule has 24 heavy (non-hydrogen) atoms. The Hall–Kier alpha value is -1.81. The highest BCUT2D eigenvalue weighted by atomic mass is 32.2. The number of nitrogens with zero attached hydrogens (tertiary/aromatic N) is 1. The van der Waals surface area contributed by atoms with Gasteiger partial charge in [0.2, 0.25) is 0 Å². The van der Waals surface area contributed by atoms with Crippen molar-refractivity contribution in [2.75, 3.05) is 0 Å². The predicted molar refractivity (Wildman–Crippen MR) is 99.1 cm³/mol. The minimum atomic E-state index is -3.74. The molecule has 0 saturated carbocycles. The van der Waals surface area contributed by atoms with E-state index in [1.807, 2.05) is 0 Å². The third kappa shape index (κ3) is 3.81. The zero-order valence-electron chi connectivity index (χ0n) is 14.7. The molecule has 1 aromatic heterocycles. The van der Waals surface area contributed by atoms with Gasteiger partial charge in [0.05, 0.1) is 11.5 Å². The molecule has 0 unspecified atom stereocenters. The molecule has 1 aromatic carbocycles. The van der Waals surface area contributed by atoms with E-state index in [4.69, 9.17) is 0 Å². The SMILES string of the molecule is Cc1ccc(C)n1S(=O)(=O)c1ccc(C#C[Si](C)(C)C)cc1CO. The summed E-state index contributed by atoms with van der Waals surface area (Å²) in [6.45, 7) is 9.57. The van der Waals surface area contributed by atoms with Gasteiger partial charge >= 0.3 is 0 Å². The third-order valence-electron chi connectivity index (χ3n) is 3.54. The fourth-order valence-corrected chi connectivity index (χ4v) is 4.72. The van der Waals surface area contributed by atoms with Gasteiger partial charge in [-0.15, -0.1) is 5.54 Å². The fraction of sp³-hybridized carbons (Fsp3) is 0.333. The van der Waals surface area contributed by atoms with Crippen molar-refractivity contribution in [1.82, 2.24) is 3.97 Å². The Labute approximate surface area is 145 Å². The van der Waals surface area contributed by atoms with E-state index in [1.54, 1.807) is 38.1 Å². The molecule has 2 rings (SSSR count). The first-order valence-corrected chi connectivity index (χ1v) is 12.7. The summed E-state index contributed by atoms with van der Waals surface area (Å²) < 4.78 is 27.2. The minimum Gasteiger partial charge on any atom is -0.392 e. The first-order valence-electron chi connectivity index (χ1n) is 7.74. The summed E-state index contributed by atoms with van der Waals surface area (Å²) in [5, 5.41) is 9.66. The van der Waals surface area contributed by atoms with E-state index >= 15 is 0 Å². The molecular formula is C18H23NO3SSi. The number of hydrogen-bond acceptors (Lipinski definition) is 3. The second kappa shape index (κ2) is 6.59. The van der Waals surface area contributed by atoms with Crippen molar-refractivity contribution in [1.29, 1.82) is 0 Å². The highest BCUT2D eigenvalue weighted by molar-refractivity contribution is 7.90. The molecule has 4 nitrogen and oxygen atoms in total. The average Bonchev–Trinajstić information content (AvgIpc) is 2.83. The number of benzene rings is 1. The summed E-state index contributed by atoms with van der Waals surface area (Å²) in [6, 6.07) is 8.42. The predicted octanol–water partition coefficient (Wildman–Crippen LogP) is 3.06. The zero-order chi connectivity index (χ0) is 18.1. The summed E-state index contributed by atoms with van der Waals surface area (Å²) in [5.74, 6) is 3.09. The number of aryl methyl sites for hydroxylation is 2. The second-order valence-electron chi connectivity index (χ2n) is 6.87. The van der Waals surface area contributed by atoms with Crippen LogP contribution in [0.5, 0.6) is 0 Å². The Bertz CT molecular complexity index is 906. The van der Waals surface area contributed by atoms with Gasteiger partial charge in [-0.05, 0) is 49.7 Å². The average molecular weight is 362 g/mol. The van der Waals surface area contributed by atoms with Gasteiger partial charge in [0, 0.05) is 17.0 Å². The molecule has 6 heteroatoms. The monoisotopic (exact) mass is 361 g/mol. The van der Waals surface area contributed by atoms with E-state index in [0.29, 0.717) is 17.0 Å². The van der Waals surface area contributed by atoms with E-state index in [-0.39, 0.29) is 11.5 Å². The van der Waals surface area contributed by atoms with Crippen LogP contribution in [0.15, 0.2) is 35.2 Å². The molecule has 0 atom stereocenters. The third-order valence-corrected chi connectivity index (χ3v) is 6.42. The highest BCUT2D eigenvalue weighted by Gasteiger charge is 2.23. The van der Waals surface area contributed by atoms with Crippen LogP contribution in [-0.4, -0.2) is 25.6 Å². The maximum absolute atomic E-state index is 13.0. The van der Waals surface area contributed by atoms with E-state index in [1.165, 1.54) is 10.0 Å². The molecule has 0 amide bonds. The lowest BCUT2D eigenvalue weighted by Gasteiger charge is -2.14. The molecule has 2 aromatic rings. The van der Waals surface area contributed by atoms with Crippen LogP contribution < -0.4 is 0 Å². The molecule has 0 radical (unpaired) electrons. The van der Waals surface area contributed by atoms with E-state index < -0.39 is 18.1 Å². The summed E-state index contributed by atoms with van der Waals surface area (Å²) in [4.78, 5) is 0.117. The summed E-state index contributed by atoms with van der Waals surface area (Å²) in [6.07, 6.45) is 0.